The molecule has 0 aliphatic carbocycles. The van der Waals surface area contributed by atoms with Gasteiger partial charge in [0.15, 0.2) is 0 Å². The molecule has 1 heterocycles. The van der Waals surface area contributed by atoms with E-state index >= 15 is 0 Å². The third-order valence-electron chi connectivity index (χ3n) is 1.08. The van der Waals surface area contributed by atoms with Crippen LogP contribution in [0.1, 0.15) is 0 Å². The van der Waals surface area contributed by atoms with Crippen LogP contribution in [-0.2, 0) is 0 Å². The number of alkyl halides is 3. The Morgan fingerprint density at radius 2 is 2.08 bits per heavy atom. The van der Waals surface area contributed by atoms with E-state index in [0.717, 1.165) is 6.20 Å². The van der Waals surface area contributed by atoms with Crippen LogP contribution in [-0.4, -0.2) is 10.5 Å². The van der Waals surface area contributed by atoms with E-state index < -0.39 is 5.51 Å². The Hall–Kier alpha value is -0.430. The van der Waals surface area contributed by atoms with E-state index in [2.05, 4.69) is 20.9 Å². The molecule has 0 aromatic carbocycles. The van der Waals surface area contributed by atoms with Crippen LogP contribution in [0.15, 0.2) is 21.6 Å². The van der Waals surface area contributed by atoms with Gasteiger partial charge in [0.25, 0.3) is 0 Å². The summed E-state index contributed by atoms with van der Waals surface area (Å²) in [6, 6.07) is 1.28. The number of anilines is 1. The molecule has 13 heavy (non-hydrogen) atoms. The number of nitrogen functional groups attached to an aromatic ring is 1. The van der Waals surface area contributed by atoms with Crippen LogP contribution < -0.4 is 5.73 Å². The van der Waals surface area contributed by atoms with Crippen LogP contribution in [0.25, 0.3) is 0 Å². The summed E-state index contributed by atoms with van der Waals surface area (Å²) in [5, 5.41) is 0. The lowest BCUT2D eigenvalue weighted by molar-refractivity contribution is -0.0328. The minimum Gasteiger partial charge on any atom is -0.383 e. The van der Waals surface area contributed by atoms with Crippen LogP contribution in [0.2, 0.25) is 0 Å². The van der Waals surface area contributed by atoms with Gasteiger partial charge in [0.05, 0.1) is 4.47 Å². The minimum absolute atomic E-state index is 0.00794. The van der Waals surface area contributed by atoms with E-state index in [1.165, 1.54) is 6.07 Å². The van der Waals surface area contributed by atoms with Crippen LogP contribution in [0, 0.1) is 0 Å². The van der Waals surface area contributed by atoms with Crippen LogP contribution >= 0.6 is 27.7 Å². The third-order valence-corrected chi connectivity index (χ3v) is 2.40. The maximum absolute atomic E-state index is 11.9. The second-order valence-corrected chi connectivity index (χ2v) is 4.08. The molecular weight excluding hydrogens is 269 g/mol. The molecule has 1 rings (SSSR count). The van der Waals surface area contributed by atoms with Gasteiger partial charge in [-0.2, -0.15) is 13.2 Å². The lowest BCUT2D eigenvalue weighted by Crippen LogP contribution is -2.00. The molecule has 0 amide bonds. The van der Waals surface area contributed by atoms with Gasteiger partial charge in [-0.1, -0.05) is 0 Å². The Balaban J connectivity index is 2.86. The Kier molecular flexibility index (Phi) is 3.07. The standard InChI is InChI=1S/C6H4BrF3N2S/c7-4-1-3(2-12-5(4)11)13-6(8,9)10/h1-2H,(H2,11,12). The zero-order chi connectivity index (χ0) is 10.1. The average Bonchev–Trinajstić information content (AvgIpc) is 1.94. The first kappa shape index (κ1) is 10.6. The van der Waals surface area contributed by atoms with Gasteiger partial charge in [-0.15, -0.1) is 0 Å². The zero-order valence-corrected chi connectivity index (χ0v) is 8.50. The van der Waals surface area contributed by atoms with E-state index in [1.807, 2.05) is 0 Å². The molecule has 0 saturated heterocycles. The minimum atomic E-state index is -4.29. The number of halogens is 4. The lowest BCUT2D eigenvalue weighted by atomic mass is 10.5. The summed E-state index contributed by atoms with van der Waals surface area (Å²) in [7, 11) is 0. The fraction of sp³-hybridized carbons (Fsp3) is 0.167. The first-order valence-electron chi connectivity index (χ1n) is 3.05. The maximum atomic E-state index is 11.9. The Morgan fingerprint density at radius 1 is 1.46 bits per heavy atom. The third kappa shape index (κ3) is 3.43. The Morgan fingerprint density at radius 3 is 2.54 bits per heavy atom. The quantitative estimate of drug-likeness (QED) is 0.799. The van der Waals surface area contributed by atoms with E-state index in [4.69, 9.17) is 5.73 Å². The zero-order valence-electron chi connectivity index (χ0n) is 6.10. The molecule has 0 saturated carbocycles. The van der Waals surface area contributed by atoms with E-state index in [1.54, 1.807) is 0 Å². The summed E-state index contributed by atoms with van der Waals surface area (Å²) in [5.41, 5.74) is 1.01. The van der Waals surface area contributed by atoms with Gasteiger partial charge in [0.2, 0.25) is 0 Å². The van der Waals surface area contributed by atoms with E-state index in [9.17, 15) is 13.2 Å². The number of pyridine rings is 1. The number of aromatic nitrogens is 1. The molecule has 7 heteroatoms. The van der Waals surface area contributed by atoms with Gasteiger partial charge in [-0.05, 0) is 33.8 Å². The molecule has 1 aromatic heterocycles. The molecule has 2 N–H and O–H groups in total. The molecule has 0 spiro atoms. The molecular formula is C6H4BrF3N2S. The molecule has 1 aromatic rings. The molecule has 0 bridgehead atoms. The van der Waals surface area contributed by atoms with Crippen LogP contribution in [0.4, 0.5) is 19.0 Å². The number of nitrogens with zero attached hydrogens (tertiary/aromatic N) is 1. The summed E-state index contributed by atoms with van der Waals surface area (Å²) >= 11 is 2.76. The number of nitrogens with two attached hydrogens (primary N) is 1. The Labute approximate surface area is 84.8 Å². The fourth-order valence-corrected chi connectivity index (χ4v) is 1.67. The van der Waals surface area contributed by atoms with Crippen molar-refractivity contribution in [2.75, 3.05) is 5.73 Å². The smallest absolute Gasteiger partial charge is 0.383 e. The molecule has 0 radical (unpaired) electrons. The molecule has 0 atom stereocenters. The van der Waals surface area contributed by atoms with Crippen molar-refractivity contribution in [2.24, 2.45) is 0 Å². The molecule has 0 fully saturated rings. The topological polar surface area (TPSA) is 38.9 Å². The van der Waals surface area contributed by atoms with Gasteiger partial charge in [0, 0.05) is 11.1 Å². The predicted octanol–water partition coefficient (Wildman–Crippen LogP) is 3.04. The summed E-state index contributed by atoms with van der Waals surface area (Å²) in [4.78, 5) is 3.58. The summed E-state index contributed by atoms with van der Waals surface area (Å²) < 4.78 is 35.9. The number of hydrogen-bond donors (Lipinski definition) is 1. The molecule has 2 nitrogen and oxygen atoms in total. The molecule has 0 aliphatic rings. The molecule has 72 valence electrons. The van der Waals surface area contributed by atoms with Gasteiger partial charge >= 0.3 is 5.51 Å². The highest BCUT2D eigenvalue weighted by atomic mass is 79.9. The van der Waals surface area contributed by atoms with Crippen LogP contribution in [0.3, 0.4) is 0 Å². The van der Waals surface area contributed by atoms with Crippen molar-refractivity contribution < 1.29 is 13.2 Å². The van der Waals surface area contributed by atoms with Crippen molar-refractivity contribution in [3.05, 3.63) is 16.7 Å². The highest BCUT2D eigenvalue weighted by Gasteiger charge is 2.29. The fourth-order valence-electron chi connectivity index (χ4n) is 0.620. The highest BCUT2D eigenvalue weighted by Crippen LogP contribution is 2.37. The number of hydrogen-bond acceptors (Lipinski definition) is 3. The summed E-state index contributed by atoms with van der Waals surface area (Å²) in [6.07, 6.45) is 1.08. The monoisotopic (exact) mass is 272 g/mol. The van der Waals surface area contributed by atoms with Crippen molar-refractivity contribution in [3.8, 4) is 0 Å². The van der Waals surface area contributed by atoms with E-state index in [-0.39, 0.29) is 22.5 Å². The van der Waals surface area contributed by atoms with Crippen molar-refractivity contribution in [2.45, 2.75) is 10.4 Å². The summed E-state index contributed by atoms with van der Waals surface area (Å²) in [5.74, 6) is 0.173. The number of rotatable bonds is 1. The van der Waals surface area contributed by atoms with Gasteiger partial charge in [0.1, 0.15) is 5.82 Å². The van der Waals surface area contributed by atoms with E-state index in [0.29, 0.717) is 4.47 Å². The SMILES string of the molecule is Nc1ncc(SC(F)(F)F)cc1Br. The normalized spacial score (nSPS) is 11.7. The van der Waals surface area contributed by atoms with Crippen molar-refractivity contribution >= 4 is 33.5 Å². The van der Waals surface area contributed by atoms with Gasteiger partial charge in [-0.25, -0.2) is 4.98 Å². The van der Waals surface area contributed by atoms with Crippen molar-refractivity contribution in [3.63, 3.8) is 0 Å². The molecule has 0 unspecified atom stereocenters. The largest absolute Gasteiger partial charge is 0.446 e. The summed E-state index contributed by atoms with van der Waals surface area (Å²) in [6.45, 7) is 0. The maximum Gasteiger partial charge on any atom is 0.446 e. The second kappa shape index (κ2) is 3.75. The Bertz CT molecular complexity index is 315. The lowest BCUT2D eigenvalue weighted by Gasteiger charge is -2.05. The number of thioether (sulfide) groups is 1. The van der Waals surface area contributed by atoms with Crippen molar-refractivity contribution in [1.29, 1.82) is 0 Å². The van der Waals surface area contributed by atoms with Gasteiger partial charge in [-0.3, -0.25) is 0 Å². The molecule has 0 aliphatic heterocycles. The second-order valence-electron chi connectivity index (χ2n) is 2.09. The highest BCUT2D eigenvalue weighted by molar-refractivity contribution is 9.10. The van der Waals surface area contributed by atoms with Gasteiger partial charge < -0.3 is 5.73 Å². The van der Waals surface area contributed by atoms with Crippen LogP contribution in [0.5, 0.6) is 0 Å². The first-order valence-corrected chi connectivity index (χ1v) is 4.66. The average molecular weight is 273 g/mol. The predicted molar refractivity (Wildman–Crippen MR) is 48.3 cm³/mol. The first-order chi connectivity index (χ1) is 5.88. The van der Waals surface area contributed by atoms with Crippen molar-refractivity contribution in [1.82, 2.24) is 4.98 Å².